The second-order valence-corrected chi connectivity index (χ2v) is 5.49. The van der Waals surface area contributed by atoms with E-state index >= 15 is 0 Å². The number of hydrogen-bond acceptors (Lipinski definition) is 3. The van der Waals surface area contributed by atoms with Crippen LogP contribution in [0, 0.1) is 0 Å². The van der Waals surface area contributed by atoms with Gasteiger partial charge in [-0.3, -0.25) is 4.98 Å². The molecule has 2 nitrogen and oxygen atoms in total. The lowest BCUT2D eigenvalue weighted by Crippen LogP contribution is -2.06. The first-order valence-corrected chi connectivity index (χ1v) is 6.70. The molecule has 0 saturated heterocycles. The van der Waals surface area contributed by atoms with Crippen molar-refractivity contribution in [3.63, 3.8) is 0 Å². The fraction of sp³-hybridized carbons (Fsp3) is 0.250. The SMILES string of the molecule is OCC(Cc1cncs1)c1ccc(Br)cc1. The Morgan fingerprint density at radius 2 is 2.06 bits per heavy atom. The first-order valence-electron chi connectivity index (χ1n) is 5.03. The number of benzene rings is 1. The lowest BCUT2D eigenvalue weighted by Gasteiger charge is -2.13. The fourth-order valence-corrected chi connectivity index (χ4v) is 2.55. The predicted molar refractivity (Wildman–Crippen MR) is 69.8 cm³/mol. The highest BCUT2D eigenvalue weighted by atomic mass is 79.9. The summed E-state index contributed by atoms with van der Waals surface area (Å²) >= 11 is 5.04. The van der Waals surface area contributed by atoms with Crippen molar-refractivity contribution in [2.75, 3.05) is 6.61 Å². The summed E-state index contributed by atoms with van der Waals surface area (Å²) in [6, 6.07) is 8.10. The molecule has 1 N–H and O–H groups in total. The van der Waals surface area contributed by atoms with Crippen LogP contribution in [0.25, 0.3) is 0 Å². The maximum atomic E-state index is 9.42. The zero-order valence-electron chi connectivity index (χ0n) is 8.64. The van der Waals surface area contributed by atoms with Crippen molar-refractivity contribution < 1.29 is 5.11 Å². The molecule has 0 spiro atoms. The molecule has 1 atom stereocenters. The monoisotopic (exact) mass is 297 g/mol. The number of aromatic nitrogens is 1. The summed E-state index contributed by atoms with van der Waals surface area (Å²) in [6.07, 6.45) is 2.72. The van der Waals surface area contributed by atoms with Crippen LogP contribution in [0.15, 0.2) is 40.4 Å². The van der Waals surface area contributed by atoms with Crippen molar-refractivity contribution >= 4 is 27.3 Å². The number of rotatable bonds is 4. The molecule has 1 heterocycles. The van der Waals surface area contributed by atoms with Crippen molar-refractivity contribution in [1.29, 1.82) is 0 Å². The first-order chi connectivity index (χ1) is 7.79. The van der Waals surface area contributed by atoms with Gasteiger partial charge < -0.3 is 5.11 Å². The van der Waals surface area contributed by atoms with Crippen LogP contribution in [0.2, 0.25) is 0 Å². The molecule has 2 aromatic rings. The van der Waals surface area contributed by atoms with Crippen molar-refractivity contribution in [2.24, 2.45) is 0 Å². The minimum Gasteiger partial charge on any atom is -0.396 e. The predicted octanol–water partition coefficient (Wildman–Crippen LogP) is 3.22. The van der Waals surface area contributed by atoms with E-state index in [9.17, 15) is 5.11 Å². The molecule has 0 fully saturated rings. The molecule has 0 amide bonds. The van der Waals surface area contributed by atoms with Gasteiger partial charge >= 0.3 is 0 Å². The highest BCUT2D eigenvalue weighted by Crippen LogP contribution is 2.23. The Hall–Kier alpha value is -0.710. The van der Waals surface area contributed by atoms with E-state index in [1.807, 2.05) is 36.0 Å². The van der Waals surface area contributed by atoms with E-state index in [1.54, 1.807) is 11.3 Å². The summed E-state index contributed by atoms with van der Waals surface area (Å²) in [5, 5.41) is 9.42. The zero-order chi connectivity index (χ0) is 11.4. The largest absolute Gasteiger partial charge is 0.396 e. The van der Waals surface area contributed by atoms with Crippen LogP contribution in [0.1, 0.15) is 16.4 Å². The molecule has 0 aliphatic heterocycles. The topological polar surface area (TPSA) is 33.1 Å². The third-order valence-electron chi connectivity index (χ3n) is 2.49. The molecular weight excluding hydrogens is 286 g/mol. The average Bonchev–Trinajstić information content (AvgIpc) is 2.80. The van der Waals surface area contributed by atoms with Crippen LogP contribution < -0.4 is 0 Å². The Morgan fingerprint density at radius 1 is 1.31 bits per heavy atom. The summed E-state index contributed by atoms with van der Waals surface area (Å²) < 4.78 is 1.06. The van der Waals surface area contributed by atoms with Crippen LogP contribution in [0.3, 0.4) is 0 Å². The summed E-state index contributed by atoms with van der Waals surface area (Å²) in [5.41, 5.74) is 2.99. The molecule has 1 aromatic heterocycles. The van der Waals surface area contributed by atoms with Gasteiger partial charge in [0, 0.05) is 21.5 Å². The lowest BCUT2D eigenvalue weighted by molar-refractivity contribution is 0.265. The number of halogens is 1. The van der Waals surface area contributed by atoms with Crippen molar-refractivity contribution in [2.45, 2.75) is 12.3 Å². The molecular formula is C12H12BrNOS. The lowest BCUT2D eigenvalue weighted by atomic mass is 9.96. The van der Waals surface area contributed by atoms with Gasteiger partial charge in [-0.05, 0) is 24.1 Å². The standard InChI is InChI=1S/C12H12BrNOS/c13-11-3-1-9(2-4-11)10(7-15)5-12-6-14-8-16-12/h1-4,6,8,10,15H,5,7H2. The number of thiazole rings is 1. The molecule has 0 bridgehead atoms. The Bertz CT molecular complexity index is 427. The first kappa shape index (κ1) is 11.8. The van der Waals surface area contributed by atoms with Gasteiger partial charge in [0.2, 0.25) is 0 Å². The van der Waals surface area contributed by atoms with Gasteiger partial charge in [-0.1, -0.05) is 28.1 Å². The molecule has 0 radical (unpaired) electrons. The quantitative estimate of drug-likeness (QED) is 0.940. The summed E-state index contributed by atoms with van der Waals surface area (Å²) in [5.74, 6) is 0.161. The molecule has 16 heavy (non-hydrogen) atoms. The van der Waals surface area contributed by atoms with Crippen LogP contribution >= 0.6 is 27.3 Å². The van der Waals surface area contributed by atoms with Crippen molar-refractivity contribution in [1.82, 2.24) is 4.98 Å². The second-order valence-electron chi connectivity index (χ2n) is 3.60. The summed E-state index contributed by atoms with van der Waals surface area (Å²) in [6.45, 7) is 0.166. The molecule has 0 aliphatic rings. The average molecular weight is 298 g/mol. The van der Waals surface area contributed by atoms with Crippen LogP contribution in [-0.4, -0.2) is 16.7 Å². The smallest absolute Gasteiger partial charge is 0.0794 e. The third-order valence-corrected chi connectivity index (χ3v) is 3.82. The van der Waals surface area contributed by atoms with Crippen molar-refractivity contribution in [3.05, 3.63) is 50.9 Å². The molecule has 1 unspecified atom stereocenters. The Morgan fingerprint density at radius 3 is 2.62 bits per heavy atom. The number of hydrogen-bond donors (Lipinski definition) is 1. The zero-order valence-corrected chi connectivity index (χ0v) is 11.0. The van der Waals surface area contributed by atoms with Gasteiger partial charge in [0.25, 0.3) is 0 Å². The fourth-order valence-electron chi connectivity index (χ4n) is 1.61. The van der Waals surface area contributed by atoms with Crippen molar-refractivity contribution in [3.8, 4) is 0 Å². The molecule has 4 heteroatoms. The number of aliphatic hydroxyl groups excluding tert-OH is 1. The van der Waals surface area contributed by atoms with Gasteiger partial charge in [0.05, 0.1) is 12.1 Å². The molecule has 84 valence electrons. The Labute approximate surface area is 107 Å². The number of aliphatic hydroxyl groups is 1. The molecule has 1 aromatic carbocycles. The second kappa shape index (κ2) is 5.57. The normalized spacial score (nSPS) is 12.6. The Kier molecular flexibility index (Phi) is 4.09. The minimum atomic E-state index is 0.161. The maximum Gasteiger partial charge on any atom is 0.0794 e. The molecule has 2 rings (SSSR count). The van der Waals surface area contributed by atoms with Gasteiger partial charge in [0.15, 0.2) is 0 Å². The van der Waals surface area contributed by atoms with Crippen LogP contribution in [-0.2, 0) is 6.42 Å². The van der Waals surface area contributed by atoms with Gasteiger partial charge in [-0.25, -0.2) is 0 Å². The van der Waals surface area contributed by atoms with E-state index < -0.39 is 0 Å². The Balaban J connectivity index is 2.13. The van der Waals surface area contributed by atoms with E-state index in [-0.39, 0.29) is 12.5 Å². The van der Waals surface area contributed by atoms with E-state index in [2.05, 4.69) is 20.9 Å². The van der Waals surface area contributed by atoms with Gasteiger partial charge in [0.1, 0.15) is 0 Å². The van der Waals surface area contributed by atoms with E-state index in [0.29, 0.717) is 0 Å². The molecule has 0 aliphatic carbocycles. The van der Waals surface area contributed by atoms with Gasteiger partial charge in [-0.2, -0.15) is 0 Å². The van der Waals surface area contributed by atoms with Crippen LogP contribution in [0.4, 0.5) is 0 Å². The molecule has 0 saturated carbocycles. The maximum absolute atomic E-state index is 9.42. The summed E-state index contributed by atoms with van der Waals surface area (Å²) in [4.78, 5) is 5.26. The van der Waals surface area contributed by atoms with Crippen LogP contribution in [0.5, 0.6) is 0 Å². The van der Waals surface area contributed by atoms with E-state index in [4.69, 9.17) is 0 Å². The minimum absolute atomic E-state index is 0.161. The van der Waals surface area contributed by atoms with Gasteiger partial charge in [-0.15, -0.1) is 11.3 Å². The van der Waals surface area contributed by atoms with E-state index in [0.717, 1.165) is 10.9 Å². The third kappa shape index (κ3) is 2.90. The van der Waals surface area contributed by atoms with E-state index in [1.165, 1.54) is 10.4 Å². The number of nitrogens with zero attached hydrogens (tertiary/aromatic N) is 1. The summed E-state index contributed by atoms with van der Waals surface area (Å²) in [7, 11) is 0. The highest BCUT2D eigenvalue weighted by molar-refractivity contribution is 9.10. The highest BCUT2D eigenvalue weighted by Gasteiger charge is 2.12.